The van der Waals surface area contributed by atoms with E-state index in [2.05, 4.69) is 20.0 Å². The van der Waals surface area contributed by atoms with Gasteiger partial charge >= 0.3 is 0 Å². The predicted octanol–water partition coefficient (Wildman–Crippen LogP) is 3.13. The zero-order valence-corrected chi connectivity index (χ0v) is 17.3. The van der Waals surface area contributed by atoms with Crippen molar-refractivity contribution in [1.82, 2.24) is 20.0 Å². The number of nitro benzene ring substituents is 1. The number of carbonyl (C=O) groups is 1. The average Bonchev–Trinajstić information content (AvgIpc) is 3.30. The van der Waals surface area contributed by atoms with Crippen LogP contribution in [0.3, 0.4) is 0 Å². The zero-order valence-electron chi connectivity index (χ0n) is 17.3. The van der Waals surface area contributed by atoms with Gasteiger partial charge in [0, 0.05) is 49.9 Å². The summed E-state index contributed by atoms with van der Waals surface area (Å²) in [5.41, 5.74) is 0.711. The molecule has 0 aliphatic carbocycles. The molecule has 2 aromatic heterocycles. The second kappa shape index (κ2) is 8.50. The van der Waals surface area contributed by atoms with E-state index in [-0.39, 0.29) is 23.1 Å². The van der Waals surface area contributed by atoms with E-state index in [1.54, 1.807) is 23.2 Å². The summed E-state index contributed by atoms with van der Waals surface area (Å²) in [6.07, 6.45) is 1.70. The second-order valence-electron chi connectivity index (χ2n) is 7.57. The minimum Gasteiger partial charge on any atom is -0.353 e. The first-order valence-corrected chi connectivity index (χ1v) is 10.0. The number of pyridine rings is 1. The van der Waals surface area contributed by atoms with Crippen LogP contribution >= 0.6 is 0 Å². The third-order valence-corrected chi connectivity index (χ3v) is 5.16. The smallest absolute Gasteiger partial charge is 0.282 e. The monoisotopic (exact) mass is 422 g/mol. The first-order valence-electron chi connectivity index (χ1n) is 10.0. The van der Waals surface area contributed by atoms with Gasteiger partial charge in [0.05, 0.1) is 4.92 Å². The molecule has 0 atom stereocenters. The fourth-order valence-electron chi connectivity index (χ4n) is 3.42. The molecule has 4 rings (SSSR count). The van der Waals surface area contributed by atoms with Crippen LogP contribution in [0, 0.1) is 10.1 Å². The fourth-order valence-corrected chi connectivity index (χ4v) is 3.42. The summed E-state index contributed by atoms with van der Waals surface area (Å²) in [5, 5.41) is 15.2. The molecule has 31 heavy (non-hydrogen) atoms. The zero-order chi connectivity index (χ0) is 22.0. The standard InChI is InChI=1S/C21H22N6O4/c1-14(2)20-23-19(24-31-20)15-7-8-18(22-13-15)25-9-11-26(12-10-25)21(28)16-5-3-4-6-17(16)27(29)30/h3-8,13-14H,9-12H2,1-2H3. The molecule has 10 heteroatoms. The van der Waals surface area contributed by atoms with E-state index >= 15 is 0 Å². The highest BCUT2D eigenvalue weighted by Gasteiger charge is 2.27. The van der Waals surface area contributed by atoms with Crippen molar-refractivity contribution in [2.75, 3.05) is 31.1 Å². The van der Waals surface area contributed by atoms with Crippen LogP contribution in [0.4, 0.5) is 11.5 Å². The molecule has 0 unspecified atom stereocenters. The highest BCUT2D eigenvalue weighted by molar-refractivity contribution is 5.98. The van der Waals surface area contributed by atoms with Crippen molar-refractivity contribution in [1.29, 1.82) is 0 Å². The van der Waals surface area contributed by atoms with Crippen LogP contribution in [-0.4, -0.2) is 57.0 Å². The molecule has 0 radical (unpaired) electrons. The Morgan fingerprint density at radius 3 is 2.48 bits per heavy atom. The number of nitrogens with zero attached hydrogens (tertiary/aromatic N) is 6. The van der Waals surface area contributed by atoms with Crippen molar-refractivity contribution in [3.63, 3.8) is 0 Å². The van der Waals surface area contributed by atoms with Gasteiger partial charge in [0.15, 0.2) is 0 Å². The van der Waals surface area contributed by atoms with Crippen LogP contribution in [0.15, 0.2) is 47.1 Å². The largest absolute Gasteiger partial charge is 0.353 e. The number of aromatic nitrogens is 3. The van der Waals surface area contributed by atoms with E-state index in [1.807, 2.05) is 26.0 Å². The third-order valence-electron chi connectivity index (χ3n) is 5.16. The summed E-state index contributed by atoms with van der Waals surface area (Å²) < 4.78 is 5.24. The summed E-state index contributed by atoms with van der Waals surface area (Å²) in [7, 11) is 0. The maximum Gasteiger partial charge on any atom is 0.282 e. The molecule has 0 saturated carbocycles. The van der Waals surface area contributed by atoms with Crippen molar-refractivity contribution >= 4 is 17.4 Å². The number of carbonyl (C=O) groups excluding carboxylic acids is 1. The molecular weight excluding hydrogens is 400 g/mol. The molecule has 1 aliphatic heterocycles. The van der Waals surface area contributed by atoms with Gasteiger partial charge in [0.1, 0.15) is 11.4 Å². The predicted molar refractivity (Wildman–Crippen MR) is 113 cm³/mol. The van der Waals surface area contributed by atoms with Crippen LogP contribution in [0.5, 0.6) is 0 Å². The lowest BCUT2D eigenvalue weighted by atomic mass is 10.1. The molecule has 1 fully saturated rings. The van der Waals surface area contributed by atoms with Crippen LogP contribution in [0.1, 0.15) is 36.0 Å². The molecule has 1 aromatic carbocycles. The summed E-state index contributed by atoms with van der Waals surface area (Å²) >= 11 is 0. The lowest BCUT2D eigenvalue weighted by molar-refractivity contribution is -0.385. The van der Waals surface area contributed by atoms with E-state index in [0.29, 0.717) is 37.9 Å². The van der Waals surface area contributed by atoms with Gasteiger partial charge < -0.3 is 14.3 Å². The van der Waals surface area contributed by atoms with E-state index in [1.165, 1.54) is 12.1 Å². The van der Waals surface area contributed by atoms with Gasteiger partial charge in [0.25, 0.3) is 11.6 Å². The Labute approximate surface area is 178 Å². The Morgan fingerprint density at radius 1 is 1.13 bits per heavy atom. The topological polar surface area (TPSA) is 118 Å². The Bertz CT molecular complexity index is 1090. The molecule has 0 spiro atoms. The number of hydrogen-bond donors (Lipinski definition) is 0. The van der Waals surface area contributed by atoms with Gasteiger partial charge in [0.2, 0.25) is 11.7 Å². The van der Waals surface area contributed by atoms with E-state index in [0.717, 1.165) is 11.4 Å². The normalized spacial score (nSPS) is 14.2. The van der Waals surface area contributed by atoms with E-state index < -0.39 is 4.92 Å². The summed E-state index contributed by atoms with van der Waals surface area (Å²) in [6, 6.07) is 9.82. The number of hydrogen-bond acceptors (Lipinski definition) is 8. The molecule has 1 saturated heterocycles. The van der Waals surface area contributed by atoms with Crippen LogP contribution in [0.25, 0.3) is 11.4 Å². The number of rotatable bonds is 5. The first kappa shape index (κ1) is 20.5. The van der Waals surface area contributed by atoms with Crippen molar-refractivity contribution < 1.29 is 14.2 Å². The Morgan fingerprint density at radius 2 is 1.87 bits per heavy atom. The maximum absolute atomic E-state index is 12.8. The van der Waals surface area contributed by atoms with E-state index in [9.17, 15) is 14.9 Å². The fraction of sp³-hybridized carbons (Fsp3) is 0.333. The lowest BCUT2D eigenvalue weighted by Crippen LogP contribution is -2.49. The highest BCUT2D eigenvalue weighted by Crippen LogP contribution is 2.23. The molecule has 1 amide bonds. The molecule has 0 bridgehead atoms. The SMILES string of the molecule is CC(C)c1nc(-c2ccc(N3CCN(C(=O)c4ccccc4[N+](=O)[O-])CC3)nc2)no1. The van der Waals surface area contributed by atoms with Crippen LogP contribution in [-0.2, 0) is 0 Å². The summed E-state index contributed by atoms with van der Waals surface area (Å²) in [6.45, 7) is 6.04. The minimum absolute atomic E-state index is 0.115. The summed E-state index contributed by atoms with van der Waals surface area (Å²) in [4.78, 5) is 36.1. The van der Waals surface area contributed by atoms with E-state index in [4.69, 9.17) is 4.52 Å². The number of anilines is 1. The lowest BCUT2D eigenvalue weighted by Gasteiger charge is -2.35. The van der Waals surface area contributed by atoms with Crippen molar-refractivity contribution in [2.24, 2.45) is 0 Å². The molecule has 0 N–H and O–H groups in total. The third kappa shape index (κ3) is 4.23. The van der Waals surface area contributed by atoms with Gasteiger partial charge in [-0.1, -0.05) is 31.1 Å². The second-order valence-corrected chi connectivity index (χ2v) is 7.57. The van der Waals surface area contributed by atoms with Crippen molar-refractivity contribution in [3.05, 3.63) is 64.2 Å². The van der Waals surface area contributed by atoms with Gasteiger partial charge in [-0.05, 0) is 18.2 Å². The van der Waals surface area contributed by atoms with Crippen LogP contribution in [0.2, 0.25) is 0 Å². The number of piperazine rings is 1. The Hall–Kier alpha value is -3.82. The van der Waals surface area contributed by atoms with Gasteiger partial charge in [-0.25, -0.2) is 4.98 Å². The molecular formula is C21H22N6O4. The van der Waals surface area contributed by atoms with Crippen molar-refractivity contribution in [2.45, 2.75) is 19.8 Å². The summed E-state index contributed by atoms with van der Waals surface area (Å²) in [5.74, 6) is 1.70. The molecule has 10 nitrogen and oxygen atoms in total. The van der Waals surface area contributed by atoms with Crippen molar-refractivity contribution in [3.8, 4) is 11.4 Å². The average molecular weight is 422 g/mol. The number of para-hydroxylation sites is 1. The molecule has 1 aliphatic rings. The molecule has 3 aromatic rings. The van der Waals surface area contributed by atoms with Gasteiger partial charge in [-0.3, -0.25) is 14.9 Å². The maximum atomic E-state index is 12.8. The number of benzene rings is 1. The Kier molecular flexibility index (Phi) is 5.61. The van der Waals surface area contributed by atoms with Gasteiger partial charge in [-0.2, -0.15) is 4.98 Å². The highest BCUT2D eigenvalue weighted by atomic mass is 16.6. The molecule has 160 valence electrons. The minimum atomic E-state index is -0.525. The number of amides is 1. The Balaban J connectivity index is 1.41. The van der Waals surface area contributed by atoms with Crippen LogP contribution < -0.4 is 4.90 Å². The van der Waals surface area contributed by atoms with Gasteiger partial charge in [-0.15, -0.1) is 0 Å². The first-order chi connectivity index (χ1) is 14.9. The molecule has 3 heterocycles. The quantitative estimate of drug-likeness (QED) is 0.454. The number of nitro groups is 1.